The molecule has 1 saturated heterocycles. The summed E-state index contributed by atoms with van der Waals surface area (Å²) in [6.45, 7) is 0. The Morgan fingerprint density at radius 3 is 2.64 bits per heavy atom. The van der Waals surface area contributed by atoms with Crippen LogP contribution in [0.25, 0.3) is 0 Å². The molecule has 2 amide bonds. The summed E-state index contributed by atoms with van der Waals surface area (Å²) in [6, 6.07) is 11.3. The van der Waals surface area contributed by atoms with E-state index in [1.165, 1.54) is 6.07 Å². The first-order chi connectivity index (χ1) is 12.0. The molecule has 8 heteroatoms. The van der Waals surface area contributed by atoms with Crippen molar-refractivity contribution in [1.29, 1.82) is 0 Å². The van der Waals surface area contributed by atoms with Crippen molar-refractivity contribution in [2.24, 2.45) is 0 Å². The van der Waals surface area contributed by atoms with Gasteiger partial charge in [0.1, 0.15) is 5.75 Å². The zero-order valence-electron chi connectivity index (χ0n) is 12.9. The van der Waals surface area contributed by atoms with Crippen LogP contribution in [0.3, 0.4) is 0 Å². The summed E-state index contributed by atoms with van der Waals surface area (Å²) in [7, 11) is 0. The van der Waals surface area contributed by atoms with Gasteiger partial charge in [0.25, 0.3) is 5.91 Å². The number of hydrogen-bond acceptors (Lipinski definition) is 6. The van der Waals surface area contributed by atoms with Gasteiger partial charge in [-0.3, -0.25) is 14.9 Å². The minimum Gasteiger partial charge on any atom is -0.448 e. The molecule has 25 heavy (non-hydrogen) atoms. The summed E-state index contributed by atoms with van der Waals surface area (Å²) in [5.41, 5.74) is -0.00355. The molecule has 0 aliphatic carbocycles. The van der Waals surface area contributed by atoms with Crippen LogP contribution in [-0.4, -0.2) is 28.9 Å². The maximum Gasteiger partial charge on any atom is 0.357 e. The van der Waals surface area contributed by atoms with Crippen molar-refractivity contribution in [2.45, 2.75) is 18.9 Å². The number of carbonyl (C=O) groups is 3. The fourth-order valence-electron chi connectivity index (χ4n) is 2.18. The molecule has 0 spiro atoms. The summed E-state index contributed by atoms with van der Waals surface area (Å²) in [6.07, 6.45) is -0.735. The predicted molar refractivity (Wildman–Crippen MR) is 87.4 cm³/mol. The lowest BCUT2D eigenvalue weighted by Gasteiger charge is -2.20. The van der Waals surface area contributed by atoms with Crippen LogP contribution in [0.5, 0.6) is 11.6 Å². The van der Waals surface area contributed by atoms with Gasteiger partial charge in [-0.05, 0) is 30.3 Å². The quantitative estimate of drug-likeness (QED) is 0.665. The number of pyridine rings is 1. The number of piperidine rings is 1. The van der Waals surface area contributed by atoms with E-state index in [1.54, 1.807) is 36.4 Å². The van der Waals surface area contributed by atoms with Crippen LogP contribution in [0.1, 0.15) is 23.3 Å². The van der Waals surface area contributed by atoms with Crippen molar-refractivity contribution in [2.75, 3.05) is 0 Å². The topological polar surface area (TPSA) is 94.6 Å². The number of benzene rings is 1. The molecule has 3 rings (SSSR count). The van der Waals surface area contributed by atoms with Crippen LogP contribution in [0.15, 0.2) is 42.5 Å². The van der Waals surface area contributed by atoms with Crippen molar-refractivity contribution >= 4 is 29.4 Å². The monoisotopic (exact) mass is 360 g/mol. The Hall–Kier alpha value is -2.93. The van der Waals surface area contributed by atoms with Gasteiger partial charge in [0.15, 0.2) is 11.8 Å². The van der Waals surface area contributed by atoms with E-state index in [9.17, 15) is 14.4 Å². The molecule has 1 aromatic carbocycles. The first-order valence-electron chi connectivity index (χ1n) is 7.46. The number of ether oxygens (including phenoxy) is 2. The highest BCUT2D eigenvalue weighted by molar-refractivity contribution is 6.30. The van der Waals surface area contributed by atoms with Crippen LogP contribution in [0.2, 0.25) is 5.02 Å². The SMILES string of the molecule is O=C1CCC(OC(=O)c2cccc(Oc3ccc(Cl)cc3)n2)C(=O)N1. The number of aromatic nitrogens is 1. The van der Waals surface area contributed by atoms with Crippen LogP contribution in [0, 0.1) is 0 Å². The molecule has 1 aliphatic heterocycles. The maximum atomic E-state index is 12.2. The lowest BCUT2D eigenvalue weighted by atomic mass is 10.1. The standard InChI is InChI=1S/C17H13ClN2O5/c18-10-4-6-11(7-5-10)24-15-3-1-2-12(19-15)17(23)25-13-8-9-14(21)20-16(13)22/h1-7,13H,8-9H2,(H,20,21,22). The van der Waals surface area contributed by atoms with Gasteiger partial charge < -0.3 is 9.47 Å². The minimum atomic E-state index is -1.01. The second kappa shape index (κ2) is 7.31. The lowest BCUT2D eigenvalue weighted by Crippen LogP contribution is -2.45. The average Bonchev–Trinajstić information content (AvgIpc) is 2.60. The highest BCUT2D eigenvalue weighted by Crippen LogP contribution is 2.22. The number of hydrogen-bond donors (Lipinski definition) is 1. The lowest BCUT2D eigenvalue weighted by molar-refractivity contribution is -0.140. The van der Waals surface area contributed by atoms with Gasteiger partial charge in [-0.15, -0.1) is 0 Å². The summed E-state index contributed by atoms with van der Waals surface area (Å²) >= 11 is 5.81. The largest absolute Gasteiger partial charge is 0.448 e. The number of nitrogens with one attached hydrogen (secondary N) is 1. The summed E-state index contributed by atoms with van der Waals surface area (Å²) in [5, 5.41) is 2.69. The van der Waals surface area contributed by atoms with Crippen LogP contribution in [-0.2, 0) is 14.3 Å². The number of carbonyl (C=O) groups excluding carboxylic acids is 3. The Balaban J connectivity index is 1.68. The van der Waals surface area contributed by atoms with Crippen LogP contribution >= 0.6 is 11.6 Å². The molecule has 1 aliphatic rings. The molecular formula is C17H13ClN2O5. The van der Waals surface area contributed by atoms with E-state index in [1.807, 2.05) is 0 Å². The molecule has 128 valence electrons. The van der Waals surface area contributed by atoms with Crippen molar-refractivity contribution in [3.05, 3.63) is 53.2 Å². The number of halogens is 1. The molecular weight excluding hydrogens is 348 g/mol. The van der Waals surface area contributed by atoms with E-state index < -0.39 is 18.0 Å². The minimum absolute atomic E-state index is 0.00355. The Bertz CT molecular complexity index is 822. The van der Waals surface area contributed by atoms with Gasteiger partial charge >= 0.3 is 5.97 Å². The van der Waals surface area contributed by atoms with Gasteiger partial charge in [0.05, 0.1) is 0 Å². The number of imide groups is 1. The molecule has 1 unspecified atom stereocenters. The van der Waals surface area contributed by atoms with Gasteiger partial charge in [-0.2, -0.15) is 0 Å². The Morgan fingerprint density at radius 1 is 1.16 bits per heavy atom. The van der Waals surface area contributed by atoms with Crippen molar-refractivity contribution in [3.8, 4) is 11.6 Å². The third-order valence-corrected chi connectivity index (χ3v) is 3.66. The van der Waals surface area contributed by atoms with Crippen molar-refractivity contribution in [1.82, 2.24) is 10.3 Å². The normalized spacial score (nSPS) is 16.9. The fraction of sp³-hybridized carbons (Fsp3) is 0.176. The van der Waals surface area contributed by atoms with E-state index in [-0.39, 0.29) is 30.3 Å². The molecule has 0 bridgehead atoms. The van der Waals surface area contributed by atoms with E-state index >= 15 is 0 Å². The maximum absolute atomic E-state index is 12.2. The Kier molecular flexibility index (Phi) is 4.95. The van der Waals surface area contributed by atoms with Crippen LogP contribution < -0.4 is 10.1 Å². The molecule has 1 atom stereocenters. The smallest absolute Gasteiger partial charge is 0.357 e. The van der Waals surface area contributed by atoms with E-state index in [2.05, 4.69) is 10.3 Å². The van der Waals surface area contributed by atoms with E-state index in [0.29, 0.717) is 10.8 Å². The summed E-state index contributed by atoms with van der Waals surface area (Å²) in [5.74, 6) is -1.07. The van der Waals surface area contributed by atoms with Crippen LogP contribution in [0.4, 0.5) is 0 Å². The van der Waals surface area contributed by atoms with Gasteiger partial charge in [0, 0.05) is 23.9 Å². The van der Waals surface area contributed by atoms with Gasteiger partial charge in [-0.1, -0.05) is 17.7 Å². The highest BCUT2D eigenvalue weighted by atomic mass is 35.5. The molecule has 0 saturated carbocycles. The van der Waals surface area contributed by atoms with Crippen molar-refractivity contribution in [3.63, 3.8) is 0 Å². The molecule has 1 aromatic heterocycles. The predicted octanol–water partition coefficient (Wildman–Crippen LogP) is 2.49. The molecule has 0 radical (unpaired) electrons. The number of rotatable bonds is 4. The molecule has 2 heterocycles. The second-order valence-electron chi connectivity index (χ2n) is 5.26. The summed E-state index contributed by atoms with van der Waals surface area (Å²) in [4.78, 5) is 39.0. The number of amides is 2. The Morgan fingerprint density at radius 2 is 1.92 bits per heavy atom. The van der Waals surface area contributed by atoms with Gasteiger partial charge in [0.2, 0.25) is 11.8 Å². The Labute approximate surface area is 147 Å². The number of nitrogens with zero attached hydrogens (tertiary/aromatic N) is 1. The average molecular weight is 361 g/mol. The first kappa shape index (κ1) is 16.9. The zero-order chi connectivity index (χ0) is 17.8. The van der Waals surface area contributed by atoms with Gasteiger partial charge in [-0.25, -0.2) is 9.78 Å². The first-order valence-corrected chi connectivity index (χ1v) is 7.84. The van der Waals surface area contributed by atoms with E-state index in [4.69, 9.17) is 21.1 Å². The van der Waals surface area contributed by atoms with Crippen molar-refractivity contribution < 1.29 is 23.9 Å². The third-order valence-electron chi connectivity index (χ3n) is 3.41. The molecule has 1 fully saturated rings. The fourth-order valence-corrected chi connectivity index (χ4v) is 2.31. The third kappa shape index (κ3) is 4.33. The highest BCUT2D eigenvalue weighted by Gasteiger charge is 2.30. The van der Waals surface area contributed by atoms with E-state index in [0.717, 1.165) is 0 Å². The number of esters is 1. The molecule has 2 aromatic rings. The molecule has 7 nitrogen and oxygen atoms in total. The second-order valence-corrected chi connectivity index (χ2v) is 5.70. The molecule has 1 N–H and O–H groups in total. The summed E-state index contributed by atoms with van der Waals surface area (Å²) < 4.78 is 10.7. The zero-order valence-corrected chi connectivity index (χ0v) is 13.7.